The number of carboxylic acids is 1. The van der Waals surface area contributed by atoms with Gasteiger partial charge in [0, 0.05) is 17.9 Å². The third kappa shape index (κ3) is 2.92. The Hall–Kier alpha value is -1.24. The van der Waals surface area contributed by atoms with Crippen LogP contribution in [-0.4, -0.2) is 51.9 Å². The molecule has 0 bridgehead atoms. The third-order valence-corrected chi connectivity index (χ3v) is 4.28. The molecule has 0 aliphatic carbocycles. The fraction of sp³-hybridized carbons (Fsp3) is 0.385. The second kappa shape index (κ2) is 6.03. The van der Waals surface area contributed by atoms with Gasteiger partial charge in [-0.2, -0.15) is 0 Å². The van der Waals surface area contributed by atoms with Gasteiger partial charge in [-0.15, -0.1) is 11.8 Å². The molecule has 1 fully saturated rings. The number of carbonyl (C=O) groups is 2. The van der Waals surface area contributed by atoms with Gasteiger partial charge in [-0.1, -0.05) is 11.6 Å². The van der Waals surface area contributed by atoms with Crippen LogP contribution < -0.4 is 0 Å². The Morgan fingerprint density at radius 1 is 1.45 bits per heavy atom. The van der Waals surface area contributed by atoms with Crippen LogP contribution in [0.2, 0.25) is 5.02 Å². The minimum Gasteiger partial charge on any atom is -0.480 e. The average Bonchev–Trinajstić information content (AvgIpc) is 2.81. The van der Waals surface area contributed by atoms with Crippen LogP contribution in [0.25, 0.3) is 0 Å². The maximum atomic E-state index is 12.5. The first kappa shape index (κ1) is 15.2. The molecular weight excluding hydrogens is 302 g/mol. The van der Waals surface area contributed by atoms with Gasteiger partial charge >= 0.3 is 5.97 Å². The van der Waals surface area contributed by atoms with E-state index in [2.05, 4.69) is 0 Å². The van der Waals surface area contributed by atoms with Crippen LogP contribution in [0.5, 0.6) is 0 Å². The van der Waals surface area contributed by atoms with E-state index < -0.39 is 24.0 Å². The number of halogens is 1. The Morgan fingerprint density at radius 3 is 2.75 bits per heavy atom. The SMILES string of the molecule is CSc1ccc(Cl)c(C(=O)N2C[C@@H](O)C[C@H]2C(=O)O)c1. The Balaban J connectivity index is 2.33. The van der Waals surface area contributed by atoms with Gasteiger partial charge in [-0.25, -0.2) is 4.79 Å². The molecule has 108 valence electrons. The Labute approximate surface area is 125 Å². The fourth-order valence-electron chi connectivity index (χ4n) is 2.22. The summed E-state index contributed by atoms with van der Waals surface area (Å²) in [6.07, 6.45) is 1.10. The minimum atomic E-state index is -1.12. The summed E-state index contributed by atoms with van der Waals surface area (Å²) >= 11 is 7.49. The Kier molecular flexibility index (Phi) is 4.57. The lowest BCUT2D eigenvalue weighted by molar-refractivity contribution is -0.141. The molecule has 1 saturated heterocycles. The van der Waals surface area contributed by atoms with Gasteiger partial charge in [0.15, 0.2) is 0 Å². The number of carboxylic acid groups (broad SMARTS) is 1. The number of hydrogen-bond donors (Lipinski definition) is 2. The summed E-state index contributed by atoms with van der Waals surface area (Å²) in [4.78, 5) is 25.6. The molecule has 1 amide bonds. The average molecular weight is 316 g/mol. The maximum absolute atomic E-state index is 12.5. The summed E-state index contributed by atoms with van der Waals surface area (Å²) in [5.41, 5.74) is 0.263. The molecule has 2 rings (SSSR count). The molecule has 1 aliphatic rings. The summed E-state index contributed by atoms with van der Waals surface area (Å²) in [5, 5.41) is 19.0. The highest BCUT2D eigenvalue weighted by atomic mass is 35.5. The van der Waals surface area contributed by atoms with E-state index >= 15 is 0 Å². The number of nitrogens with zero attached hydrogens (tertiary/aromatic N) is 1. The highest BCUT2D eigenvalue weighted by molar-refractivity contribution is 7.98. The smallest absolute Gasteiger partial charge is 0.326 e. The zero-order valence-electron chi connectivity index (χ0n) is 10.7. The lowest BCUT2D eigenvalue weighted by atomic mass is 10.1. The maximum Gasteiger partial charge on any atom is 0.326 e. The monoisotopic (exact) mass is 315 g/mol. The minimum absolute atomic E-state index is 0.00955. The molecule has 0 saturated carbocycles. The number of likely N-dealkylation sites (tertiary alicyclic amines) is 1. The van der Waals surface area contributed by atoms with Crippen LogP contribution in [0.3, 0.4) is 0 Å². The molecular formula is C13H14ClNO4S. The van der Waals surface area contributed by atoms with E-state index in [0.29, 0.717) is 0 Å². The number of β-amino-alcohol motifs (C(OH)–C–C–N with tert-alkyl or cyclic N) is 1. The number of hydrogen-bond acceptors (Lipinski definition) is 4. The first-order valence-electron chi connectivity index (χ1n) is 5.99. The molecule has 1 heterocycles. The van der Waals surface area contributed by atoms with E-state index in [-0.39, 0.29) is 23.6 Å². The molecule has 0 radical (unpaired) electrons. The van der Waals surface area contributed by atoms with Gasteiger partial charge in [0.05, 0.1) is 16.7 Å². The number of amides is 1. The van der Waals surface area contributed by atoms with Crippen molar-refractivity contribution in [2.24, 2.45) is 0 Å². The van der Waals surface area contributed by atoms with E-state index in [1.807, 2.05) is 6.26 Å². The zero-order chi connectivity index (χ0) is 14.9. The summed E-state index contributed by atoms with van der Waals surface area (Å²) in [5.74, 6) is -1.58. The van der Waals surface area contributed by atoms with Crippen LogP contribution in [0.4, 0.5) is 0 Å². The van der Waals surface area contributed by atoms with Crippen LogP contribution in [0.1, 0.15) is 16.8 Å². The molecule has 0 unspecified atom stereocenters. The number of rotatable bonds is 3. The number of thioether (sulfide) groups is 1. The van der Waals surface area contributed by atoms with Crippen LogP contribution in [0, 0.1) is 0 Å². The molecule has 1 aromatic rings. The number of aliphatic hydroxyl groups is 1. The molecule has 2 N–H and O–H groups in total. The van der Waals surface area contributed by atoms with E-state index in [0.717, 1.165) is 4.90 Å². The fourth-order valence-corrected chi connectivity index (χ4v) is 2.86. The Morgan fingerprint density at radius 2 is 2.15 bits per heavy atom. The van der Waals surface area contributed by atoms with E-state index in [9.17, 15) is 14.7 Å². The van der Waals surface area contributed by atoms with Gasteiger partial charge in [0.1, 0.15) is 6.04 Å². The number of carbonyl (C=O) groups excluding carboxylic acids is 1. The van der Waals surface area contributed by atoms with Crippen molar-refractivity contribution in [2.45, 2.75) is 23.5 Å². The second-order valence-corrected chi connectivity index (χ2v) is 5.83. The van der Waals surface area contributed by atoms with Crippen LogP contribution in [-0.2, 0) is 4.79 Å². The number of aliphatic hydroxyl groups excluding tert-OH is 1. The summed E-state index contributed by atoms with van der Waals surface area (Å²) < 4.78 is 0. The van der Waals surface area contributed by atoms with Gasteiger partial charge in [0.25, 0.3) is 5.91 Å². The van der Waals surface area contributed by atoms with Crippen molar-refractivity contribution in [1.82, 2.24) is 4.90 Å². The van der Waals surface area contributed by atoms with Gasteiger partial charge < -0.3 is 15.1 Å². The lowest BCUT2D eigenvalue weighted by Gasteiger charge is -2.21. The highest BCUT2D eigenvalue weighted by Crippen LogP contribution is 2.27. The van der Waals surface area contributed by atoms with Gasteiger partial charge in [0.2, 0.25) is 0 Å². The first-order valence-corrected chi connectivity index (χ1v) is 7.59. The predicted molar refractivity (Wildman–Crippen MR) is 76.3 cm³/mol. The highest BCUT2D eigenvalue weighted by Gasteiger charge is 2.39. The summed E-state index contributed by atoms with van der Waals surface area (Å²) in [6.45, 7) is 0.00955. The molecule has 2 atom stereocenters. The van der Waals surface area contributed by atoms with Crippen molar-refractivity contribution in [3.05, 3.63) is 28.8 Å². The van der Waals surface area contributed by atoms with Crippen molar-refractivity contribution >= 4 is 35.2 Å². The second-order valence-electron chi connectivity index (χ2n) is 4.55. The van der Waals surface area contributed by atoms with Crippen molar-refractivity contribution in [3.8, 4) is 0 Å². The van der Waals surface area contributed by atoms with E-state index in [1.165, 1.54) is 16.7 Å². The van der Waals surface area contributed by atoms with E-state index in [1.54, 1.807) is 18.2 Å². The van der Waals surface area contributed by atoms with Gasteiger partial charge in [-0.05, 0) is 24.5 Å². The molecule has 1 aromatic carbocycles. The van der Waals surface area contributed by atoms with Crippen LogP contribution >= 0.6 is 23.4 Å². The molecule has 0 spiro atoms. The molecule has 7 heteroatoms. The topological polar surface area (TPSA) is 77.8 Å². The summed E-state index contributed by atoms with van der Waals surface area (Å²) in [7, 11) is 0. The van der Waals surface area contributed by atoms with Crippen molar-refractivity contribution in [2.75, 3.05) is 12.8 Å². The van der Waals surface area contributed by atoms with E-state index in [4.69, 9.17) is 16.7 Å². The van der Waals surface area contributed by atoms with Gasteiger partial charge in [-0.3, -0.25) is 4.79 Å². The van der Waals surface area contributed by atoms with Crippen molar-refractivity contribution in [1.29, 1.82) is 0 Å². The summed E-state index contributed by atoms with van der Waals surface area (Å²) in [6, 6.07) is 4.03. The van der Waals surface area contributed by atoms with Crippen molar-refractivity contribution in [3.63, 3.8) is 0 Å². The zero-order valence-corrected chi connectivity index (χ0v) is 12.3. The first-order chi connectivity index (χ1) is 9.43. The Bertz CT molecular complexity index is 551. The molecule has 20 heavy (non-hydrogen) atoms. The van der Waals surface area contributed by atoms with Crippen LogP contribution in [0.15, 0.2) is 23.1 Å². The molecule has 0 aromatic heterocycles. The standard InChI is InChI=1S/C13H14ClNO4S/c1-20-8-2-3-10(14)9(5-8)12(17)15-6-7(16)4-11(15)13(18)19/h2-3,5,7,11,16H,4,6H2,1H3,(H,18,19)/t7-,11-/m0/s1. The van der Waals surface area contributed by atoms with Crippen molar-refractivity contribution < 1.29 is 19.8 Å². The third-order valence-electron chi connectivity index (χ3n) is 3.23. The molecule has 1 aliphatic heterocycles. The quantitative estimate of drug-likeness (QED) is 0.831. The largest absolute Gasteiger partial charge is 0.480 e. The number of aliphatic carboxylic acids is 1. The normalized spacial score (nSPS) is 22.1. The molecule has 5 nitrogen and oxygen atoms in total. The number of benzene rings is 1. The predicted octanol–water partition coefficient (Wildman–Crippen LogP) is 1.72. The lowest BCUT2D eigenvalue weighted by Crippen LogP contribution is -2.40.